The van der Waals surface area contributed by atoms with E-state index in [1.807, 2.05) is 0 Å². The number of amides is 1. The molecule has 0 heterocycles. The van der Waals surface area contributed by atoms with Gasteiger partial charge in [0.15, 0.2) is 0 Å². The molecule has 0 saturated carbocycles. The van der Waals surface area contributed by atoms with Crippen LogP contribution in [0.5, 0.6) is 0 Å². The van der Waals surface area contributed by atoms with Crippen molar-refractivity contribution in [2.24, 2.45) is 0 Å². The molecule has 6 nitrogen and oxygen atoms in total. The first-order chi connectivity index (χ1) is 38.5. The van der Waals surface area contributed by atoms with Gasteiger partial charge in [-0.25, -0.2) is 0 Å². The first-order valence-corrected chi connectivity index (χ1v) is 36.3. The minimum Gasteiger partial charge on any atom is -0.466 e. The van der Waals surface area contributed by atoms with E-state index in [2.05, 4.69) is 19.2 Å². The molecule has 0 aromatic heterocycles. The van der Waals surface area contributed by atoms with E-state index in [-0.39, 0.29) is 18.5 Å². The normalized spacial score (nSPS) is 12.4. The van der Waals surface area contributed by atoms with Crippen molar-refractivity contribution < 1.29 is 24.5 Å². The highest BCUT2D eigenvalue weighted by Gasteiger charge is 2.20. The van der Waals surface area contributed by atoms with E-state index < -0.39 is 12.1 Å². The second-order valence-corrected chi connectivity index (χ2v) is 25.3. The van der Waals surface area contributed by atoms with Gasteiger partial charge < -0.3 is 20.3 Å². The highest BCUT2D eigenvalue weighted by Crippen LogP contribution is 2.20. The largest absolute Gasteiger partial charge is 0.466 e. The van der Waals surface area contributed by atoms with Gasteiger partial charge in [-0.3, -0.25) is 9.59 Å². The second-order valence-electron chi connectivity index (χ2n) is 25.3. The number of ether oxygens (including phenoxy) is 1. The maximum atomic E-state index is 12.5. The molecule has 0 spiro atoms. The van der Waals surface area contributed by atoms with Crippen LogP contribution in [0.3, 0.4) is 0 Å². The highest BCUT2D eigenvalue weighted by atomic mass is 16.5. The predicted octanol–water partition coefficient (Wildman–Crippen LogP) is 23.4. The first kappa shape index (κ1) is 76.9. The van der Waals surface area contributed by atoms with Crippen molar-refractivity contribution in [2.45, 2.75) is 437 Å². The fourth-order valence-corrected chi connectivity index (χ4v) is 11.9. The molecule has 0 aliphatic carbocycles. The predicted molar refractivity (Wildman–Crippen MR) is 343 cm³/mol. The monoisotopic (exact) mass is 1100 g/mol. The van der Waals surface area contributed by atoms with Gasteiger partial charge in [0.25, 0.3) is 0 Å². The maximum Gasteiger partial charge on any atom is 0.305 e. The molecule has 0 rings (SSSR count). The van der Waals surface area contributed by atoms with Crippen LogP contribution < -0.4 is 5.32 Å². The lowest BCUT2D eigenvalue weighted by Gasteiger charge is -2.22. The van der Waals surface area contributed by atoms with Gasteiger partial charge in [0.1, 0.15) is 0 Å². The number of hydrogen-bond donors (Lipinski definition) is 3. The molecule has 0 bridgehead atoms. The Kier molecular flexibility index (Phi) is 67.4. The summed E-state index contributed by atoms with van der Waals surface area (Å²) in [6.45, 7) is 5.01. The molecule has 2 atom stereocenters. The van der Waals surface area contributed by atoms with Gasteiger partial charge in [0.2, 0.25) is 5.91 Å². The van der Waals surface area contributed by atoms with Gasteiger partial charge in [-0.05, 0) is 25.7 Å². The van der Waals surface area contributed by atoms with Crippen LogP contribution in [-0.4, -0.2) is 47.4 Å². The van der Waals surface area contributed by atoms with Gasteiger partial charge in [0, 0.05) is 12.8 Å². The van der Waals surface area contributed by atoms with Gasteiger partial charge in [-0.1, -0.05) is 386 Å². The van der Waals surface area contributed by atoms with E-state index in [4.69, 9.17) is 4.74 Å². The quantitative estimate of drug-likeness (QED) is 0.0417. The van der Waals surface area contributed by atoms with Crippen molar-refractivity contribution in [3.63, 3.8) is 0 Å². The first-order valence-electron chi connectivity index (χ1n) is 36.3. The minimum atomic E-state index is -0.662. The summed E-state index contributed by atoms with van der Waals surface area (Å²) in [5, 5.41) is 23.4. The molecule has 78 heavy (non-hydrogen) atoms. The van der Waals surface area contributed by atoms with Crippen molar-refractivity contribution in [2.75, 3.05) is 13.2 Å². The molecule has 0 aromatic carbocycles. The number of hydrogen-bond acceptors (Lipinski definition) is 5. The van der Waals surface area contributed by atoms with E-state index in [0.29, 0.717) is 25.9 Å². The summed E-state index contributed by atoms with van der Waals surface area (Å²) in [4.78, 5) is 24.6. The standard InChI is InChI=1S/C72H143NO5/c1-3-5-7-9-11-13-15-17-19-21-30-33-36-40-44-48-52-56-60-64-70(75)69(68-74)73-71(76)65-61-57-53-49-45-41-37-34-31-28-26-24-22-23-25-27-29-32-35-39-43-47-51-55-59-63-67-78-72(77)66-62-58-54-50-46-42-38-20-18-16-14-12-10-8-6-4-2/h69-70,74-75H,3-68H2,1-2H3,(H,73,76). The number of esters is 1. The van der Waals surface area contributed by atoms with E-state index in [9.17, 15) is 19.8 Å². The third-order valence-corrected chi connectivity index (χ3v) is 17.4. The van der Waals surface area contributed by atoms with E-state index in [1.165, 1.54) is 353 Å². The fourth-order valence-electron chi connectivity index (χ4n) is 11.9. The van der Waals surface area contributed by atoms with Crippen molar-refractivity contribution in [3.8, 4) is 0 Å². The van der Waals surface area contributed by atoms with Crippen LogP contribution in [0.25, 0.3) is 0 Å². The molecule has 6 heteroatoms. The van der Waals surface area contributed by atoms with Gasteiger partial charge in [0.05, 0.1) is 25.4 Å². The van der Waals surface area contributed by atoms with Crippen LogP contribution >= 0.6 is 0 Å². The van der Waals surface area contributed by atoms with Crippen LogP contribution in [0.4, 0.5) is 0 Å². The molecular formula is C72H143NO5. The molecule has 0 radical (unpaired) electrons. The Bertz CT molecular complexity index is 1130. The smallest absolute Gasteiger partial charge is 0.305 e. The molecule has 3 N–H and O–H groups in total. The van der Waals surface area contributed by atoms with Gasteiger partial charge in [-0.2, -0.15) is 0 Å². The summed E-state index contributed by atoms with van der Waals surface area (Å²) in [6, 6.07) is -0.539. The summed E-state index contributed by atoms with van der Waals surface area (Å²) in [7, 11) is 0. The second kappa shape index (κ2) is 68.4. The summed E-state index contributed by atoms with van der Waals surface area (Å²) in [5.74, 6) is -0.00530. The molecule has 1 amide bonds. The Balaban J connectivity index is 3.33. The van der Waals surface area contributed by atoms with Gasteiger partial charge in [-0.15, -0.1) is 0 Å². The Morgan fingerprint density at radius 3 is 0.782 bits per heavy atom. The lowest BCUT2D eigenvalue weighted by Crippen LogP contribution is -2.45. The molecule has 466 valence electrons. The Hall–Kier alpha value is -1.14. The third-order valence-electron chi connectivity index (χ3n) is 17.4. The summed E-state index contributed by atoms with van der Waals surface area (Å²) < 4.78 is 5.51. The molecule has 0 saturated heterocycles. The van der Waals surface area contributed by atoms with Crippen molar-refractivity contribution in [1.82, 2.24) is 5.32 Å². The Labute approximate surface area is 489 Å². The van der Waals surface area contributed by atoms with E-state index in [0.717, 1.165) is 38.5 Å². The van der Waals surface area contributed by atoms with Crippen LogP contribution in [0.2, 0.25) is 0 Å². The molecule has 0 aromatic rings. The zero-order valence-electron chi connectivity index (χ0n) is 53.4. The number of aliphatic hydroxyl groups excluding tert-OH is 2. The van der Waals surface area contributed by atoms with Crippen LogP contribution in [-0.2, 0) is 14.3 Å². The van der Waals surface area contributed by atoms with Crippen molar-refractivity contribution >= 4 is 11.9 Å². The van der Waals surface area contributed by atoms with Crippen molar-refractivity contribution in [1.29, 1.82) is 0 Å². The number of carbonyl (C=O) groups is 2. The van der Waals surface area contributed by atoms with Crippen LogP contribution in [0, 0.1) is 0 Å². The summed E-state index contributed by atoms with van der Waals surface area (Å²) in [5.41, 5.74) is 0. The lowest BCUT2D eigenvalue weighted by atomic mass is 10.0. The summed E-state index contributed by atoms with van der Waals surface area (Å²) in [6.07, 6.45) is 83.0. The SMILES string of the molecule is CCCCCCCCCCCCCCCCCCCCCC(O)C(CO)NC(=O)CCCCCCCCCCCCCCCCCCCCCCCCCCCCOC(=O)CCCCCCCCCCCCCCCCCC. The van der Waals surface area contributed by atoms with Crippen LogP contribution in [0.15, 0.2) is 0 Å². The Morgan fingerprint density at radius 1 is 0.308 bits per heavy atom. The zero-order valence-corrected chi connectivity index (χ0v) is 53.4. The van der Waals surface area contributed by atoms with Crippen molar-refractivity contribution in [3.05, 3.63) is 0 Å². The van der Waals surface area contributed by atoms with Gasteiger partial charge >= 0.3 is 5.97 Å². The van der Waals surface area contributed by atoms with E-state index >= 15 is 0 Å². The number of aliphatic hydroxyl groups is 2. The fraction of sp³-hybridized carbons (Fsp3) is 0.972. The lowest BCUT2D eigenvalue weighted by molar-refractivity contribution is -0.143. The number of rotatable bonds is 69. The minimum absolute atomic E-state index is 0.0222. The number of carbonyl (C=O) groups excluding carboxylic acids is 2. The van der Waals surface area contributed by atoms with E-state index in [1.54, 1.807) is 0 Å². The molecular weight excluding hydrogens is 959 g/mol. The molecule has 2 unspecified atom stereocenters. The molecule has 0 aliphatic rings. The molecule has 0 aliphatic heterocycles. The zero-order chi connectivity index (χ0) is 56.4. The maximum absolute atomic E-state index is 12.5. The molecule has 0 fully saturated rings. The third kappa shape index (κ3) is 64.0. The average Bonchev–Trinajstić information content (AvgIpc) is 3.44. The summed E-state index contributed by atoms with van der Waals surface area (Å²) >= 11 is 0. The topological polar surface area (TPSA) is 95.9 Å². The number of nitrogens with one attached hydrogen (secondary N) is 1. The number of unbranched alkanes of at least 4 members (excludes halogenated alkanes) is 58. The van der Waals surface area contributed by atoms with Crippen LogP contribution in [0.1, 0.15) is 425 Å². The highest BCUT2D eigenvalue weighted by molar-refractivity contribution is 5.76. The average molecular weight is 1100 g/mol. The Morgan fingerprint density at radius 2 is 0.526 bits per heavy atom.